The molecule has 1 N–H and O–H groups in total. The smallest absolute Gasteiger partial charge is 0.242 e. The lowest BCUT2D eigenvalue weighted by Crippen LogP contribution is -2.48. The third-order valence-corrected chi connectivity index (χ3v) is 5.96. The van der Waals surface area contributed by atoms with Crippen LogP contribution in [-0.4, -0.2) is 35.6 Å². The monoisotopic (exact) mass is 438 g/mol. The molecule has 7 heteroatoms. The average Bonchev–Trinajstić information content (AvgIpc) is 2.70. The highest BCUT2D eigenvalue weighted by Gasteiger charge is 2.28. The number of amides is 2. The molecule has 1 atom stereocenters. The molecular weight excluding hydrogens is 415 g/mol. The lowest BCUT2D eigenvalue weighted by atomic mass is 10.1. The first-order chi connectivity index (χ1) is 13.5. The van der Waals surface area contributed by atoms with Crippen LogP contribution in [0.15, 0.2) is 53.4 Å². The highest BCUT2D eigenvalue weighted by molar-refractivity contribution is 7.99. The van der Waals surface area contributed by atoms with Gasteiger partial charge < -0.3 is 10.2 Å². The molecule has 0 aromatic heterocycles. The van der Waals surface area contributed by atoms with Crippen LogP contribution in [-0.2, 0) is 16.1 Å². The van der Waals surface area contributed by atoms with Gasteiger partial charge in [0.1, 0.15) is 6.04 Å². The van der Waals surface area contributed by atoms with Gasteiger partial charge in [-0.2, -0.15) is 0 Å². The van der Waals surface area contributed by atoms with Crippen molar-refractivity contribution in [3.63, 3.8) is 0 Å². The summed E-state index contributed by atoms with van der Waals surface area (Å²) in [6, 6.07) is 14.4. The highest BCUT2D eigenvalue weighted by atomic mass is 35.5. The molecule has 2 aromatic rings. The van der Waals surface area contributed by atoms with Crippen LogP contribution in [0, 0.1) is 0 Å². The van der Waals surface area contributed by atoms with E-state index in [0.717, 1.165) is 10.5 Å². The van der Waals surface area contributed by atoms with E-state index in [1.807, 2.05) is 49.4 Å². The van der Waals surface area contributed by atoms with Crippen molar-refractivity contribution < 1.29 is 9.59 Å². The number of rotatable bonds is 9. The molecular formula is C21H24Cl2N2O2S. The van der Waals surface area contributed by atoms with E-state index in [1.54, 1.807) is 29.8 Å². The molecule has 4 nitrogen and oxygen atoms in total. The van der Waals surface area contributed by atoms with Crippen molar-refractivity contribution in [3.8, 4) is 0 Å². The summed E-state index contributed by atoms with van der Waals surface area (Å²) >= 11 is 13.8. The van der Waals surface area contributed by atoms with Crippen LogP contribution in [0.5, 0.6) is 0 Å². The number of benzene rings is 2. The molecule has 0 fully saturated rings. The first kappa shape index (κ1) is 22.6. The van der Waals surface area contributed by atoms with E-state index in [0.29, 0.717) is 35.2 Å². The average molecular weight is 439 g/mol. The van der Waals surface area contributed by atoms with Crippen molar-refractivity contribution >= 4 is 46.8 Å². The lowest BCUT2D eigenvalue weighted by Gasteiger charge is -2.30. The topological polar surface area (TPSA) is 49.4 Å². The van der Waals surface area contributed by atoms with Crippen molar-refractivity contribution in [2.45, 2.75) is 37.2 Å². The van der Waals surface area contributed by atoms with E-state index in [4.69, 9.17) is 23.2 Å². The molecule has 150 valence electrons. The number of nitrogens with zero attached hydrogens (tertiary/aromatic N) is 1. The van der Waals surface area contributed by atoms with E-state index >= 15 is 0 Å². The summed E-state index contributed by atoms with van der Waals surface area (Å²) in [4.78, 5) is 28.0. The zero-order valence-corrected chi connectivity index (χ0v) is 18.3. The zero-order valence-electron chi connectivity index (χ0n) is 16.0. The minimum atomic E-state index is -0.533. The molecule has 0 radical (unpaired) electrons. The Bertz CT molecular complexity index is 799. The maximum atomic E-state index is 13.0. The Balaban J connectivity index is 2.10. The summed E-state index contributed by atoms with van der Waals surface area (Å²) in [6.07, 6.45) is 0.853. The molecule has 0 heterocycles. The number of halogens is 2. The SMILES string of the molecule is CCC(C(=O)NC)N(Cc1ccccc1Cl)C(=O)CCSc1ccc(Cl)cc1. The zero-order chi connectivity index (χ0) is 20.5. The van der Waals surface area contributed by atoms with Crippen molar-refractivity contribution in [2.24, 2.45) is 0 Å². The van der Waals surface area contributed by atoms with Crippen LogP contribution < -0.4 is 5.32 Å². The number of hydrogen-bond acceptors (Lipinski definition) is 3. The fraction of sp³-hybridized carbons (Fsp3) is 0.333. The van der Waals surface area contributed by atoms with Gasteiger partial charge in [0.2, 0.25) is 11.8 Å². The molecule has 0 aliphatic heterocycles. The number of hydrogen-bond donors (Lipinski definition) is 1. The van der Waals surface area contributed by atoms with Gasteiger partial charge in [0.05, 0.1) is 0 Å². The van der Waals surface area contributed by atoms with Crippen molar-refractivity contribution in [3.05, 3.63) is 64.1 Å². The van der Waals surface area contributed by atoms with Crippen LogP contribution in [0.3, 0.4) is 0 Å². The second kappa shape index (κ2) is 11.3. The first-order valence-corrected chi connectivity index (χ1v) is 10.8. The van der Waals surface area contributed by atoms with Gasteiger partial charge in [-0.3, -0.25) is 9.59 Å². The van der Waals surface area contributed by atoms with Crippen LogP contribution in [0.4, 0.5) is 0 Å². The van der Waals surface area contributed by atoms with Crippen molar-refractivity contribution in [1.29, 1.82) is 0 Å². The third-order valence-electron chi connectivity index (χ3n) is 4.33. The summed E-state index contributed by atoms with van der Waals surface area (Å²) in [5, 5.41) is 3.92. The predicted molar refractivity (Wildman–Crippen MR) is 117 cm³/mol. The van der Waals surface area contributed by atoms with Crippen LogP contribution in [0.25, 0.3) is 0 Å². The summed E-state index contributed by atoms with van der Waals surface area (Å²) in [5.41, 5.74) is 0.824. The van der Waals surface area contributed by atoms with Gasteiger partial charge in [0.25, 0.3) is 0 Å². The van der Waals surface area contributed by atoms with E-state index in [9.17, 15) is 9.59 Å². The van der Waals surface area contributed by atoms with E-state index in [1.165, 1.54) is 0 Å². The molecule has 0 aliphatic carbocycles. The molecule has 0 spiro atoms. The maximum Gasteiger partial charge on any atom is 0.242 e. The van der Waals surface area contributed by atoms with Gasteiger partial charge in [0.15, 0.2) is 0 Å². The standard InChI is InChI=1S/C21H24Cl2N2O2S/c1-3-19(21(27)24-2)25(14-15-6-4-5-7-18(15)23)20(26)12-13-28-17-10-8-16(22)9-11-17/h4-11,19H,3,12-14H2,1-2H3,(H,24,27). The van der Waals surface area contributed by atoms with Gasteiger partial charge in [0, 0.05) is 40.7 Å². The molecule has 28 heavy (non-hydrogen) atoms. The van der Waals surface area contributed by atoms with Gasteiger partial charge in [-0.25, -0.2) is 0 Å². The summed E-state index contributed by atoms with van der Waals surface area (Å²) < 4.78 is 0. The Morgan fingerprint density at radius 1 is 1.11 bits per heavy atom. The molecule has 2 amide bonds. The fourth-order valence-corrected chi connectivity index (χ4v) is 3.99. The minimum absolute atomic E-state index is 0.0724. The largest absolute Gasteiger partial charge is 0.357 e. The Morgan fingerprint density at radius 3 is 2.39 bits per heavy atom. The summed E-state index contributed by atoms with van der Waals surface area (Å²) in [7, 11) is 1.58. The normalized spacial score (nSPS) is 11.7. The Morgan fingerprint density at radius 2 is 1.79 bits per heavy atom. The molecule has 2 aromatic carbocycles. The summed E-state index contributed by atoms with van der Waals surface area (Å²) in [6.45, 7) is 2.20. The van der Waals surface area contributed by atoms with Gasteiger partial charge >= 0.3 is 0 Å². The van der Waals surface area contributed by atoms with Gasteiger partial charge in [-0.1, -0.05) is 48.3 Å². The van der Waals surface area contributed by atoms with Crippen molar-refractivity contribution in [1.82, 2.24) is 10.2 Å². The molecule has 0 saturated heterocycles. The fourth-order valence-electron chi connectivity index (χ4n) is 2.83. The lowest BCUT2D eigenvalue weighted by molar-refractivity contribution is -0.140. The second-order valence-corrected chi connectivity index (χ2v) is 8.22. The first-order valence-electron chi connectivity index (χ1n) is 9.09. The molecule has 0 aliphatic rings. The van der Waals surface area contributed by atoms with E-state index in [2.05, 4.69) is 5.32 Å². The predicted octanol–water partition coefficient (Wildman–Crippen LogP) is 5.03. The number of nitrogens with one attached hydrogen (secondary N) is 1. The maximum absolute atomic E-state index is 13.0. The van der Waals surface area contributed by atoms with Gasteiger partial charge in [-0.15, -0.1) is 11.8 Å². The molecule has 1 unspecified atom stereocenters. The quantitative estimate of drug-likeness (QED) is 0.558. The minimum Gasteiger partial charge on any atom is -0.357 e. The van der Waals surface area contributed by atoms with Crippen LogP contribution in [0.1, 0.15) is 25.3 Å². The van der Waals surface area contributed by atoms with Crippen LogP contribution >= 0.6 is 35.0 Å². The Labute approximate surface area is 180 Å². The Kier molecular flexibility index (Phi) is 9.16. The van der Waals surface area contributed by atoms with E-state index < -0.39 is 6.04 Å². The second-order valence-electron chi connectivity index (χ2n) is 6.20. The van der Waals surface area contributed by atoms with Gasteiger partial charge in [-0.05, 0) is 42.3 Å². The highest BCUT2D eigenvalue weighted by Crippen LogP contribution is 2.23. The molecule has 2 rings (SSSR count). The van der Waals surface area contributed by atoms with Crippen molar-refractivity contribution in [2.75, 3.05) is 12.8 Å². The van der Waals surface area contributed by atoms with Crippen LogP contribution in [0.2, 0.25) is 10.0 Å². The number of carbonyl (C=O) groups excluding carboxylic acids is 2. The molecule has 0 saturated carbocycles. The third kappa shape index (κ3) is 6.43. The van der Waals surface area contributed by atoms with E-state index in [-0.39, 0.29) is 11.8 Å². The number of likely N-dealkylation sites (N-methyl/N-ethyl adjacent to an activating group) is 1. The number of thioether (sulfide) groups is 1. The number of carbonyl (C=O) groups is 2. The summed E-state index contributed by atoms with van der Waals surface area (Å²) in [5.74, 6) is 0.369. The molecule has 0 bridgehead atoms. The Hall–Kier alpha value is -1.69.